The first-order valence-corrected chi connectivity index (χ1v) is 11.3. The fourth-order valence-corrected chi connectivity index (χ4v) is 4.67. The third-order valence-corrected chi connectivity index (χ3v) is 6.59. The van der Waals surface area contributed by atoms with Crippen LogP contribution in [0.3, 0.4) is 0 Å². The monoisotopic (exact) mass is 368 g/mol. The molecule has 1 nitrogen and oxygen atoms in total. The summed E-state index contributed by atoms with van der Waals surface area (Å²) in [4.78, 5) is 0. The highest BCUT2D eigenvalue weighted by Crippen LogP contribution is 2.20. The van der Waals surface area contributed by atoms with Gasteiger partial charge in [-0.05, 0) is 19.5 Å². The number of benzene rings is 1. The largest absolute Gasteiger partial charge is 0.413 e. The summed E-state index contributed by atoms with van der Waals surface area (Å²) < 4.78 is 73.1. The summed E-state index contributed by atoms with van der Waals surface area (Å²) in [6, 6.07) is 0. The van der Waals surface area contributed by atoms with Crippen LogP contribution in [0.1, 0.15) is 51.9 Å². The molecule has 7 heteroatoms. The van der Waals surface area contributed by atoms with Crippen molar-refractivity contribution < 1.29 is 26.4 Å². The lowest BCUT2D eigenvalue weighted by atomic mass is 10.1. The van der Waals surface area contributed by atoms with E-state index >= 15 is 0 Å². The minimum atomic E-state index is -3.23. The topological polar surface area (TPSA) is 9.23 Å². The van der Waals surface area contributed by atoms with Gasteiger partial charge in [-0.1, -0.05) is 45.4 Å². The normalized spacial score (nSPS) is 12.0. The van der Waals surface area contributed by atoms with Crippen molar-refractivity contribution >= 4 is 13.5 Å². The predicted molar refractivity (Wildman–Crippen MR) is 87.3 cm³/mol. The van der Waals surface area contributed by atoms with Crippen molar-refractivity contribution in [2.45, 2.75) is 65.0 Å². The highest BCUT2D eigenvalue weighted by molar-refractivity contribution is 6.84. The van der Waals surface area contributed by atoms with Gasteiger partial charge in [0.15, 0.2) is 23.3 Å². The van der Waals surface area contributed by atoms with Crippen LogP contribution in [0.15, 0.2) is 0 Å². The number of unbranched alkanes of at least 4 members (excludes halogenated alkanes) is 6. The zero-order valence-electron chi connectivity index (χ0n) is 14.5. The molecule has 0 atom stereocenters. The summed E-state index contributed by atoms with van der Waals surface area (Å²) in [6.07, 6.45) is 7.37. The molecule has 1 aromatic rings. The third-order valence-electron chi connectivity index (χ3n) is 4.02. The van der Waals surface area contributed by atoms with Gasteiger partial charge in [0, 0.05) is 11.8 Å². The van der Waals surface area contributed by atoms with E-state index in [9.17, 15) is 22.0 Å². The Morgan fingerprint density at radius 1 is 0.667 bits per heavy atom. The molecule has 0 amide bonds. The highest BCUT2D eigenvalue weighted by atomic mass is 28.4. The van der Waals surface area contributed by atoms with Crippen LogP contribution in [-0.2, 0) is 4.43 Å². The molecule has 0 bridgehead atoms. The summed E-state index contributed by atoms with van der Waals surface area (Å²) >= 11 is 0. The first kappa shape index (κ1) is 21.1. The Labute approximate surface area is 141 Å². The Morgan fingerprint density at radius 2 is 1.08 bits per heavy atom. The molecule has 0 saturated carbocycles. The second kappa shape index (κ2) is 9.51. The lowest BCUT2D eigenvalue weighted by molar-refractivity contribution is 0.298. The quantitative estimate of drug-likeness (QED) is 0.173. The van der Waals surface area contributed by atoms with Gasteiger partial charge < -0.3 is 4.43 Å². The van der Waals surface area contributed by atoms with Gasteiger partial charge in [-0.2, -0.15) is 0 Å². The summed E-state index contributed by atoms with van der Waals surface area (Å²) in [5.74, 6) is -9.51. The average molecular weight is 368 g/mol. The Bertz CT molecular complexity index is 519. The molecule has 0 fully saturated rings. The second-order valence-corrected chi connectivity index (χ2v) is 10.2. The van der Waals surface area contributed by atoms with Crippen LogP contribution in [-0.4, -0.2) is 14.9 Å². The SMILES string of the molecule is CCCCCCCCCO[Si](C)(C)c1c(F)c(F)c(F)c(F)c1F. The van der Waals surface area contributed by atoms with E-state index in [-0.39, 0.29) is 6.61 Å². The third kappa shape index (κ3) is 5.27. The van der Waals surface area contributed by atoms with Crippen molar-refractivity contribution in [3.8, 4) is 0 Å². The minimum absolute atomic E-state index is 0.256. The van der Waals surface area contributed by atoms with E-state index in [1.165, 1.54) is 32.4 Å². The van der Waals surface area contributed by atoms with Crippen LogP contribution in [0.5, 0.6) is 0 Å². The van der Waals surface area contributed by atoms with Crippen molar-refractivity contribution in [2.24, 2.45) is 0 Å². The van der Waals surface area contributed by atoms with Gasteiger partial charge in [-0.3, -0.25) is 0 Å². The summed E-state index contributed by atoms with van der Waals surface area (Å²) in [5.41, 5.74) is 0. The molecule has 24 heavy (non-hydrogen) atoms. The molecule has 0 heterocycles. The molecule has 0 aliphatic rings. The number of hydrogen-bond donors (Lipinski definition) is 0. The summed E-state index contributed by atoms with van der Waals surface area (Å²) in [6.45, 7) is 5.27. The molecule has 0 aliphatic carbocycles. The lowest BCUT2D eigenvalue weighted by Gasteiger charge is -2.24. The zero-order valence-corrected chi connectivity index (χ0v) is 15.5. The molecule has 0 saturated heterocycles. The maximum Gasteiger partial charge on any atom is 0.224 e. The molecular weight excluding hydrogens is 343 g/mol. The van der Waals surface area contributed by atoms with Crippen molar-refractivity contribution in [1.29, 1.82) is 0 Å². The van der Waals surface area contributed by atoms with Crippen molar-refractivity contribution in [1.82, 2.24) is 0 Å². The maximum absolute atomic E-state index is 13.9. The molecule has 138 valence electrons. The number of hydrogen-bond acceptors (Lipinski definition) is 1. The van der Waals surface area contributed by atoms with Gasteiger partial charge in [0.25, 0.3) is 0 Å². The molecule has 0 spiro atoms. The maximum atomic E-state index is 13.9. The van der Waals surface area contributed by atoms with Gasteiger partial charge in [0.1, 0.15) is 0 Å². The Morgan fingerprint density at radius 3 is 1.58 bits per heavy atom. The van der Waals surface area contributed by atoms with E-state index in [1.54, 1.807) is 0 Å². The lowest BCUT2D eigenvalue weighted by Crippen LogP contribution is -2.50. The zero-order chi connectivity index (χ0) is 18.3. The van der Waals surface area contributed by atoms with Gasteiger partial charge in [0.2, 0.25) is 14.1 Å². The van der Waals surface area contributed by atoms with Crippen molar-refractivity contribution in [3.05, 3.63) is 29.1 Å². The van der Waals surface area contributed by atoms with Crippen molar-refractivity contribution in [3.63, 3.8) is 0 Å². The van der Waals surface area contributed by atoms with Crippen LogP contribution in [0, 0.1) is 29.1 Å². The summed E-state index contributed by atoms with van der Waals surface area (Å²) in [5, 5.41) is -0.790. The molecule has 1 aromatic carbocycles. The summed E-state index contributed by atoms with van der Waals surface area (Å²) in [7, 11) is -3.23. The van der Waals surface area contributed by atoms with E-state index in [0.29, 0.717) is 6.42 Å². The van der Waals surface area contributed by atoms with E-state index in [1.807, 2.05) is 0 Å². The molecular formula is C17H25F5OSi. The van der Waals surface area contributed by atoms with Crippen LogP contribution in [0.4, 0.5) is 22.0 Å². The smallest absolute Gasteiger partial charge is 0.224 e. The Kier molecular flexibility index (Phi) is 8.36. The molecule has 0 N–H and O–H groups in total. The van der Waals surface area contributed by atoms with Crippen LogP contribution in [0.25, 0.3) is 0 Å². The van der Waals surface area contributed by atoms with E-state index < -0.39 is 42.6 Å². The fourth-order valence-electron chi connectivity index (χ4n) is 2.59. The number of halogens is 5. The second-order valence-electron chi connectivity index (χ2n) is 6.43. The van der Waals surface area contributed by atoms with Crippen molar-refractivity contribution in [2.75, 3.05) is 6.61 Å². The molecule has 0 aliphatic heterocycles. The Balaban J connectivity index is 2.63. The minimum Gasteiger partial charge on any atom is -0.413 e. The molecule has 1 rings (SSSR count). The predicted octanol–water partition coefficient (Wildman–Crippen LogP) is 5.56. The molecule has 0 radical (unpaired) electrons. The standard InChI is InChI=1S/C17H25F5OSi/c1-4-5-6-7-8-9-10-11-23-24(2,3)17-15(21)13(19)12(18)14(20)16(17)22/h4-11H2,1-3H3. The first-order valence-electron chi connectivity index (χ1n) is 8.39. The molecule has 0 aromatic heterocycles. The van der Waals surface area contributed by atoms with E-state index in [2.05, 4.69) is 6.92 Å². The number of rotatable bonds is 10. The van der Waals surface area contributed by atoms with E-state index in [4.69, 9.17) is 4.43 Å². The van der Waals surface area contributed by atoms with Crippen LogP contribution in [0.2, 0.25) is 13.1 Å². The van der Waals surface area contributed by atoms with Gasteiger partial charge >= 0.3 is 0 Å². The average Bonchev–Trinajstić information content (AvgIpc) is 2.53. The fraction of sp³-hybridized carbons (Fsp3) is 0.647. The highest BCUT2D eigenvalue weighted by Gasteiger charge is 2.37. The Hall–Kier alpha value is -0.953. The van der Waals surface area contributed by atoms with Gasteiger partial charge in [-0.15, -0.1) is 0 Å². The van der Waals surface area contributed by atoms with Crippen LogP contribution < -0.4 is 5.19 Å². The van der Waals surface area contributed by atoms with Gasteiger partial charge in [0.05, 0.1) is 0 Å². The first-order chi connectivity index (χ1) is 11.2. The van der Waals surface area contributed by atoms with Gasteiger partial charge in [-0.25, -0.2) is 22.0 Å². The van der Waals surface area contributed by atoms with Crippen LogP contribution >= 0.6 is 0 Å². The van der Waals surface area contributed by atoms with E-state index in [0.717, 1.165) is 19.3 Å². The molecule has 0 unspecified atom stereocenters.